The van der Waals surface area contributed by atoms with Crippen LogP contribution in [0, 0.1) is 6.92 Å². The fourth-order valence-corrected chi connectivity index (χ4v) is 5.22. The lowest BCUT2D eigenvalue weighted by atomic mass is 9.94. The van der Waals surface area contributed by atoms with Crippen LogP contribution >= 0.6 is 0 Å². The lowest BCUT2D eigenvalue weighted by Crippen LogP contribution is -2.52. The van der Waals surface area contributed by atoms with Crippen molar-refractivity contribution in [2.24, 2.45) is 0 Å². The molecule has 0 unspecified atom stereocenters. The first-order valence-corrected chi connectivity index (χ1v) is 13.2. The first-order valence-electron chi connectivity index (χ1n) is 13.2. The van der Waals surface area contributed by atoms with Crippen molar-refractivity contribution >= 4 is 11.8 Å². The molecule has 38 heavy (non-hydrogen) atoms. The molecule has 0 bridgehead atoms. The third-order valence-electron chi connectivity index (χ3n) is 7.18. The molecule has 1 fully saturated rings. The maximum absolute atomic E-state index is 13.6. The first-order chi connectivity index (χ1) is 18.5. The van der Waals surface area contributed by atoms with Gasteiger partial charge in [0, 0.05) is 28.8 Å². The molecule has 200 valence electrons. The summed E-state index contributed by atoms with van der Waals surface area (Å²) in [6, 6.07) is 14.3. The summed E-state index contributed by atoms with van der Waals surface area (Å²) in [5.41, 5.74) is 3.26. The van der Waals surface area contributed by atoms with Gasteiger partial charge in [-0.1, -0.05) is 35.5 Å². The van der Waals surface area contributed by atoms with Crippen LogP contribution in [0.15, 0.2) is 53.1 Å². The molecule has 0 saturated carbocycles. The van der Waals surface area contributed by atoms with Gasteiger partial charge < -0.3 is 30.3 Å². The lowest BCUT2D eigenvalue weighted by molar-refractivity contribution is 0.0737. The zero-order valence-electron chi connectivity index (χ0n) is 21.5. The highest BCUT2D eigenvalue weighted by Gasteiger charge is 2.32. The molecule has 0 aliphatic carbocycles. The van der Waals surface area contributed by atoms with Gasteiger partial charge in [0.05, 0.1) is 31.0 Å². The number of rotatable bonds is 9. The van der Waals surface area contributed by atoms with Crippen molar-refractivity contribution in [3.05, 3.63) is 82.2 Å². The van der Waals surface area contributed by atoms with E-state index in [2.05, 4.69) is 21.1 Å². The zero-order chi connectivity index (χ0) is 26.5. The summed E-state index contributed by atoms with van der Waals surface area (Å²) in [4.78, 5) is 26.8. The van der Waals surface area contributed by atoms with Crippen LogP contribution in [0.25, 0.3) is 0 Å². The Morgan fingerprint density at radius 1 is 1.16 bits per heavy atom. The van der Waals surface area contributed by atoms with Crippen molar-refractivity contribution in [1.82, 2.24) is 21.1 Å². The molecule has 3 heterocycles. The molecule has 9 heteroatoms. The number of hydrogen-bond acceptors (Lipinski definition) is 7. The minimum Gasteiger partial charge on any atom is -0.493 e. The average Bonchev–Trinajstić information content (AvgIpc) is 3.63. The molecule has 2 aliphatic heterocycles. The number of aliphatic hydroxyl groups excluding tert-OH is 1. The van der Waals surface area contributed by atoms with Gasteiger partial charge in [0.1, 0.15) is 5.75 Å². The van der Waals surface area contributed by atoms with Gasteiger partial charge in [-0.3, -0.25) is 9.59 Å². The number of aliphatic hydroxyl groups is 1. The minimum atomic E-state index is -0.760. The van der Waals surface area contributed by atoms with E-state index in [1.54, 1.807) is 18.2 Å². The van der Waals surface area contributed by atoms with Crippen LogP contribution in [0.2, 0.25) is 0 Å². The predicted molar refractivity (Wildman–Crippen MR) is 141 cm³/mol. The van der Waals surface area contributed by atoms with Crippen LogP contribution in [0.3, 0.4) is 0 Å². The summed E-state index contributed by atoms with van der Waals surface area (Å²) in [7, 11) is 0. The number of nitrogens with one attached hydrogen (secondary N) is 3. The molecule has 3 atom stereocenters. The topological polar surface area (TPSA) is 126 Å². The number of ether oxygens (including phenoxy) is 1. The van der Waals surface area contributed by atoms with Crippen LogP contribution in [0.5, 0.6) is 5.75 Å². The third-order valence-corrected chi connectivity index (χ3v) is 7.18. The van der Waals surface area contributed by atoms with E-state index in [-0.39, 0.29) is 24.4 Å². The first kappa shape index (κ1) is 25.9. The Hall–Kier alpha value is -3.69. The van der Waals surface area contributed by atoms with Crippen molar-refractivity contribution in [3.63, 3.8) is 0 Å². The molecule has 4 N–H and O–H groups in total. The second-order valence-electron chi connectivity index (χ2n) is 10.0. The molecule has 2 aliphatic rings. The number of nitrogens with zero attached hydrogens (tertiary/aromatic N) is 1. The third kappa shape index (κ3) is 6.06. The van der Waals surface area contributed by atoms with E-state index >= 15 is 0 Å². The molecular formula is C29H34N4O5. The summed E-state index contributed by atoms with van der Waals surface area (Å²) in [5, 5.41) is 24.3. The molecule has 1 saturated heterocycles. The number of hydrogen-bond donors (Lipinski definition) is 4. The van der Waals surface area contributed by atoms with Crippen molar-refractivity contribution < 1.29 is 24.0 Å². The van der Waals surface area contributed by atoms with E-state index < -0.39 is 12.1 Å². The van der Waals surface area contributed by atoms with Crippen molar-refractivity contribution in [3.8, 4) is 5.75 Å². The fraction of sp³-hybridized carbons (Fsp3) is 0.414. The number of fused-ring (bicyclic) bond motifs is 1. The van der Waals surface area contributed by atoms with Gasteiger partial charge in [-0.15, -0.1) is 0 Å². The summed E-state index contributed by atoms with van der Waals surface area (Å²) in [5.74, 6) is 0.418. The highest BCUT2D eigenvalue weighted by molar-refractivity contribution is 6.01. The van der Waals surface area contributed by atoms with Crippen LogP contribution in [-0.2, 0) is 19.4 Å². The second-order valence-corrected chi connectivity index (χ2v) is 10.0. The van der Waals surface area contributed by atoms with Gasteiger partial charge >= 0.3 is 0 Å². The van der Waals surface area contributed by atoms with E-state index in [9.17, 15) is 14.7 Å². The maximum Gasteiger partial charge on any atom is 0.252 e. The monoisotopic (exact) mass is 518 g/mol. The predicted octanol–water partition coefficient (Wildman–Crippen LogP) is 2.69. The molecule has 0 spiro atoms. The Balaban J connectivity index is 1.38. The Kier molecular flexibility index (Phi) is 8.05. The molecule has 2 amide bonds. The molecule has 2 aromatic carbocycles. The van der Waals surface area contributed by atoms with Crippen molar-refractivity contribution in [2.45, 2.75) is 63.8 Å². The number of carbonyl (C=O) groups excluding carboxylic acids is 2. The Bertz CT molecular complexity index is 1270. The van der Waals surface area contributed by atoms with E-state index in [1.807, 2.05) is 37.3 Å². The quantitative estimate of drug-likeness (QED) is 0.343. The number of aryl methyl sites for hydroxylation is 1. The van der Waals surface area contributed by atoms with Crippen LogP contribution in [0.4, 0.5) is 0 Å². The van der Waals surface area contributed by atoms with Gasteiger partial charge in [-0.05, 0) is 63.3 Å². The standard InChI is InChI=1S/C29H34N4O5/c1-18-13-21(38-33-18)17-31-29(36)23-15-20(16-26-22(23)9-6-12-37-26)28(35)32-25(14-19-7-3-2-4-8-19)27(34)24-10-5-11-30-24/h2-4,7-8,13,15-16,24-25,27,30,34H,5-6,9-12,14,17H2,1H3,(H,31,36)(H,32,35)/t24-,25+,27-/m1/s1. The van der Waals surface area contributed by atoms with Crippen molar-refractivity contribution in [2.75, 3.05) is 13.2 Å². The summed E-state index contributed by atoms with van der Waals surface area (Å²) in [6.45, 7) is 3.38. The Labute approximate surface area is 221 Å². The molecule has 5 rings (SSSR count). The van der Waals surface area contributed by atoms with E-state index in [0.29, 0.717) is 42.1 Å². The summed E-state index contributed by atoms with van der Waals surface area (Å²) >= 11 is 0. The second kappa shape index (κ2) is 11.8. The van der Waals surface area contributed by atoms with Gasteiger partial charge in [0.25, 0.3) is 11.8 Å². The normalized spacial score (nSPS) is 18.2. The summed E-state index contributed by atoms with van der Waals surface area (Å²) in [6.07, 6.45) is 3.04. The molecule has 0 radical (unpaired) electrons. The van der Waals surface area contributed by atoms with Gasteiger partial charge in [-0.25, -0.2) is 0 Å². The zero-order valence-corrected chi connectivity index (χ0v) is 21.5. The lowest BCUT2D eigenvalue weighted by Gasteiger charge is -2.29. The van der Waals surface area contributed by atoms with Crippen LogP contribution in [0.1, 0.15) is 62.6 Å². The van der Waals surface area contributed by atoms with Gasteiger partial charge in [0.15, 0.2) is 5.76 Å². The Morgan fingerprint density at radius 3 is 2.74 bits per heavy atom. The van der Waals surface area contributed by atoms with E-state index in [1.165, 1.54) is 0 Å². The molecular weight excluding hydrogens is 484 g/mol. The van der Waals surface area contributed by atoms with Crippen LogP contribution in [-0.4, -0.2) is 53.4 Å². The minimum absolute atomic E-state index is 0.0862. The SMILES string of the molecule is Cc1cc(CNC(=O)c2cc(C(=O)N[C@@H](Cc3ccccc3)[C@H](O)[C@H]3CCCN3)cc3c2CCCO3)on1. The Morgan fingerprint density at radius 2 is 2.00 bits per heavy atom. The number of amides is 2. The summed E-state index contributed by atoms with van der Waals surface area (Å²) < 4.78 is 11.1. The van der Waals surface area contributed by atoms with Gasteiger partial charge in [-0.2, -0.15) is 0 Å². The number of aromatic nitrogens is 1. The average molecular weight is 519 g/mol. The largest absolute Gasteiger partial charge is 0.493 e. The number of benzene rings is 2. The molecule has 1 aromatic heterocycles. The molecule has 9 nitrogen and oxygen atoms in total. The van der Waals surface area contributed by atoms with Crippen molar-refractivity contribution in [1.29, 1.82) is 0 Å². The van der Waals surface area contributed by atoms with Gasteiger partial charge in [0.2, 0.25) is 0 Å². The van der Waals surface area contributed by atoms with E-state index in [4.69, 9.17) is 9.26 Å². The highest BCUT2D eigenvalue weighted by Crippen LogP contribution is 2.30. The smallest absolute Gasteiger partial charge is 0.252 e. The maximum atomic E-state index is 13.6. The number of carbonyl (C=O) groups is 2. The van der Waals surface area contributed by atoms with Crippen LogP contribution < -0.4 is 20.7 Å². The highest BCUT2D eigenvalue weighted by atomic mass is 16.5. The fourth-order valence-electron chi connectivity index (χ4n) is 5.22. The van der Waals surface area contributed by atoms with E-state index in [0.717, 1.165) is 42.6 Å². The molecule has 3 aromatic rings.